The molecule has 1 saturated carbocycles. The monoisotopic (exact) mass is 484 g/mol. The number of tetrazole rings is 1. The standard InChI is InChI=1S/C27H28N6O3/c34-24(19-32-30-26(29-31-32)20-11-4-1-5-12-20)33(22-15-8-3-9-16-22)25(23-17-10-18-36-23)27(35)28-21-13-6-2-7-14-21/h1,3-5,8-12,15-18,21,25H,2,6-7,13-14,19H2,(H,28,35). The lowest BCUT2D eigenvalue weighted by atomic mass is 9.95. The van der Waals surface area contributed by atoms with Crippen LogP contribution in [0.1, 0.15) is 43.9 Å². The molecule has 1 N–H and O–H groups in total. The van der Waals surface area contributed by atoms with E-state index in [-0.39, 0.29) is 24.4 Å². The number of amides is 2. The van der Waals surface area contributed by atoms with Crippen LogP contribution < -0.4 is 10.2 Å². The Labute approximate surface area is 209 Å². The second kappa shape index (κ2) is 11.0. The average molecular weight is 485 g/mol. The van der Waals surface area contributed by atoms with Crippen LogP contribution in [-0.4, -0.2) is 38.1 Å². The Morgan fingerprint density at radius 3 is 2.39 bits per heavy atom. The van der Waals surface area contributed by atoms with Crippen molar-refractivity contribution in [3.8, 4) is 11.4 Å². The summed E-state index contributed by atoms with van der Waals surface area (Å²) in [6, 6.07) is 21.1. The second-order valence-corrected chi connectivity index (χ2v) is 8.87. The molecule has 1 aliphatic carbocycles. The fourth-order valence-corrected chi connectivity index (χ4v) is 4.58. The van der Waals surface area contributed by atoms with Gasteiger partial charge in [-0.05, 0) is 42.3 Å². The fraction of sp³-hybridized carbons (Fsp3) is 0.296. The zero-order valence-electron chi connectivity index (χ0n) is 19.9. The molecule has 2 amide bonds. The molecule has 2 aromatic heterocycles. The Morgan fingerprint density at radius 1 is 0.972 bits per heavy atom. The van der Waals surface area contributed by atoms with Crippen LogP contribution in [0.5, 0.6) is 0 Å². The summed E-state index contributed by atoms with van der Waals surface area (Å²) >= 11 is 0. The summed E-state index contributed by atoms with van der Waals surface area (Å²) < 4.78 is 5.67. The van der Waals surface area contributed by atoms with Crippen LogP contribution in [0.2, 0.25) is 0 Å². The summed E-state index contributed by atoms with van der Waals surface area (Å²) in [4.78, 5) is 30.1. The number of para-hydroxylation sites is 1. The molecule has 9 nitrogen and oxygen atoms in total. The number of carbonyl (C=O) groups is 2. The number of nitrogens with zero attached hydrogens (tertiary/aromatic N) is 5. The molecule has 0 bridgehead atoms. The van der Waals surface area contributed by atoms with Crippen molar-refractivity contribution in [1.82, 2.24) is 25.5 Å². The highest BCUT2D eigenvalue weighted by Gasteiger charge is 2.36. The summed E-state index contributed by atoms with van der Waals surface area (Å²) in [5.41, 5.74) is 1.38. The number of anilines is 1. The first-order valence-electron chi connectivity index (χ1n) is 12.2. The minimum absolute atomic E-state index is 0.0850. The molecular formula is C27H28N6O3. The van der Waals surface area contributed by atoms with Crippen LogP contribution in [0.25, 0.3) is 11.4 Å². The maximum atomic E-state index is 13.8. The molecule has 2 aromatic carbocycles. The van der Waals surface area contributed by atoms with Gasteiger partial charge in [0.25, 0.3) is 11.8 Å². The van der Waals surface area contributed by atoms with Gasteiger partial charge in [-0.15, -0.1) is 10.2 Å². The number of hydrogen-bond donors (Lipinski definition) is 1. The van der Waals surface area contributed by atoms with E-state index in [0.717, 1.165) is 31.2 Å². The van der Waals surface area contributed by atoms with Gasteiger partial charge in [0.15, 0.2) is 6.04 Å². The SMILES string of the molecule is O=C(NC1CCCCC1)C(c1ccco1)N(C(=O)Cn1nnc(-c2ccccc2)n1)c1ccccc1. The first-order valence-corrected chi connectivity index (χ1v) is 12.2. The second-order valence-electron chi connectivity index (χ2n) is 8.87. The molecule has 0 saturated heterocycles. The zero-order chi connectivity index (χ0) is 24.7. The lowest BCUT2D eigenvalue weighted by molar-refractivity contribution is -0.128. The van der Waals surface area contributed by atoms with Crippen LogP contribution in [-0.2, 0) is 16.1 Å². The largest absolute Gasteiger partial charge is 0.467 e. The number of nitrogens with one attached hydrogen (secondary N) is 1. The highest BCUT2D eigenvalue weighted by Crippen LogP contribution is 2.29. The Balaban J connectivity index is 1.45. The summed E-state index contributed by atoms with van der Waals surface area (Å²) in [6.07, 6.45) is 6.72. The molecule has 5 rings (SSSR count). The zero-order valence-corrected chi connectivity index (χ0v) is 19.9. The summed E-state index contributed by atoms with van der Waals surface area (Å²) in [6.45, 7) is -0.192. The topological polar surface area (TPSA) is 106 Å². The highest BCUT2D eigenvalue weighted by molar-refractivity contribution is 6.01. The average Bonchev–Trinajstić information content (AvgIpc) is 3.61. The van der Waals surface area contributed by atoms with E-state index in [0.29, 0.717) is 17.3 Å². The molecule has 2 heterocycles. The van der Waals surface area contributed by atoms with E-state index in [4.69, 9.17) is 4.42 Å². The maximum Gasteiger partial charge on any atom is 0.251 e. The van der Waals surface area contributed by atoms with E-state index in [2.05, 4.69) is 20.7 Å². The first kappa shape index (κ1) is 23.5. The van der Waals surface area contributed by atoms with E-state index in [1.807, 2.05) is 48.5 Å². The number of hydrogen-bond acceptors (Lipinski definition) is 6. The molecule has 4 aromatic rings. The molecule has 1 unspecified atom stereocenters. The summed E-state index contributed by atoms with van der Waals surface area (Å²) in [5.74, 6) is 0.174. The Bertz CT molecular complexity index is 1270. The van der Waals surface area contributed by atoms with Gasteiger partial charge in [-0.3, -0.25) is 14.5 Å². The molecular weight excluding hydrogens is 456 g/mol. The van der Waals surface area contributed by atoms with Gasteiger partial charge in [0, 0.05) is 17.3 Å². The molecule has 1 aliphatic rings. The third-order valence-corrected chi connectivity index (χ3v) is 6.34. The number of rotatable bonds is 8. The quantitative estimate of drug-likeness (QED) is 0.403. The molecule has 0 spiro atoms. The van der Waals surface area contributed by atoms with Crippen LogP contribution in [0.15, 0.2) is 83.5 Å². The molecule has 9 heteroatoms. The minimum atomic E-state index is -0.978. The minimum Gasteiger partial charge on any atom is -0.467 e. The van der Waals surface area contributed by atoms with Gasteiger partial charge in [-0.2, -0.15) is 4.80 Å². The highest BCUT2D eigenvalue weighted by atomic mass is 16.3. The third-order valence-electron chi connectivity index (χ3n) is 6.34. The number of furan rings is 1. The Morgan fingerprint density at radius 2 is 1.69 bits per heavy atom. The van der Waals surface area contributed by atoms with Gasteiger partial charge < -0.3 is 9.73 Å². The van der Waals surface area contributed by atoms with Crippen LogP contribution in [0.4, 0.5) is 5.69 Å². The van der Waals surface area contributed by atoms with Crippen molar-refractivity contribution in [1.29, 1.82) is 0 Å². The third kappa shape index (κ3) is 5.35. The summed E-state index contributed by atoms with van der Waals surface area (Å²) in [7, 11) is 0. The van der Waals surface area contributed by atoms with Crippen molar-refractivity contribution in [2.24, 2.45) is 0 Å². The molecule has 36 heavy (non-hydrogen) atoms. The maximum absolute atomic E-state index is 13.8. The van der Waals surface area contributed by atoms with E-state index in [1.54, 1.807) is 24.3 Å². The molecule has 0 aliphatic heterocycles. The van der Waals surface area contributed by atoms with Crippen molar-refractivity contribution < 1.29 is 14.0 Å². The van der Waals surface area contributed by atoms with Gasteiger partial charge in [0.05, 0.1) is 6.26 Å². The Hall–Kier alpha value is -4.27. The van der Waals surface area contributed by atoms with Crippen molar-refractivity contribution >= 4 is 17.5 Å². The van der Waals surface area contributed by atoms with E-state index in [9.17, 15) is 9.59 Å². The molecule has 0 radical (unpaired) electrons. The summed E-state index contributed by atoms with van der Waals surface area (Å²) in [5, 5.41) is 15.7. The first-order chi connectivity index (χ1) is 17.7. The lowest BCUT2D eigenvalue weighted by Gasteiger charge is -2.32. The normalized spacial score (nSPS) is 14.8. The van der Waals surface area contributed by atoms with Crippen molar-refractivity contribution in [2.45, 2.75) is 50.7 Å². The van der Waals surface area contributed by atoms with Gasteiger partial charge in [-0.1, -0.05) is 67.8 Å². The molecule has 1 fully saturated rings. The molecule has 1 atom stereocenters. The lowest BCUT2D eigenvalue weighted by Crippen LogP contribution is -2.48. The Kier molecular flexibility index (Phi) is 7.16. The van der Waals surface area contributed by atoms with Gasteiger partial charge in [-0.25, -0.2) is 0 Å². The van der Waals surface area contributed by atoms with Crippen molar-refractivity contribution in [2.75, 3.05) is 4.90 Å². The molecule has 184 valence electrons. The van der Waals surface area contributed by atoms with Crippen LogP contribution in [0, 0.1) is 0 Å². The van der Waals surface area contributed by atoms with Crippen molar-refractivity contribution in [3.05, 3.63) is 84.8 Å². The number of aromatic nitrogens is 4. The van der Waals surface area contributed by atoms with Crippen LogP contribution >= 0.6 is 0 Å². The number of benzene rings is 2. The van der Waals surface area contributed by atoms with Gasteiger partial charge in [0.2, 0.25) is 5.82 Å². The fourth-order valence-electron chi connectivity index (χ4n) is 4.58. The smallest absolute Gasteiger partial charge is 0.251 e. The van der Waals surface area contributed by atoms with E-state index >= 15 is 0 Å². The van der Waals surface area contributed by atoms with E-state index < -0.39 is 6.04 Å². The van der Waals surface area contributed by atoms with Crippen LogP contribution in [0.3, 0.4) is 0 Å². The predicted octanol–water partition coefficient (Wildman–Crippen LogP) is 4.16. The predicted molar refractivity (Wildman–Crippen MR) is 134 cm³/mol. The van der Waals surface area contributed by atoms with Gasteiger partial charge >= 0.3 is 0 Å². The number of carbonyl (C=O) groups excluding carboxylic acids is 2. The van der Waals surface area contributed by atoms with Crippen molar-refractivity contribution in [3.63, 3.8) is 0 Å². The van der Waals surface area contributed by atoms with Gasteiger partial charge in [0.1, 0.15) is 12.3 Å². The van der Waals surface area contributed by atoms with E-state index in [1.165, 1.54) is 22.4 Å².